The van der Waals surface area contributed by atoms with Crippen molar-refractivity contribution >= 4 is 5.91 Å². The minimum absolute atomic E-state index is 0.00292. The lowest BCUT2D eigenvalue weighted by Crippen LogP contribution is -2.55. The van der Waals surface area contributed by atoms with Crippen molar-refractivity contribution in [3.05, 3.63) is 0 Å². The van der Waals surface area contributed by atoms with Crippen LogP contribution in [0, 0.1) is 5.92 Å². The van der Waals surface area contributed by atoms with Crippen molar-refractivity contribution in [2.24, 2.45) is 5.92 Å². The second-order valence-corrected chi connectivity index (χ2v) is 4.32. The molecule has 0 aromatic rings. The fraction of sp³-hybridized carbons (Fsp3) is 0.900. The van der Waals surface area contributed by atoms with Crippen LogP contribution in [0.25, 0.3) is 0 Å². The van der Waals surface area contributed by atoms with E-state index in [4.69, 9.17) is 0 Å². The number of aliphatic hydroxyl groups is 1. The number of nitrogens with one attached hydrogen (secondary N) is 2. The number of carbonyl (C=O) groups excluding carboxylic acids is 1. The number of amides is 1. The summed E-state index contributed by atoms with van der Waals surface area (Å²) in [6.45, 7) is 1.57. The molecule has 0 spiro atoms. The molecule has 1 saturated heterocycles. The largest absolute Gasteiger partial charge is 0.391 e. The molecule has 1 saturated carbocycles. The summed E-state index contributed by atoms with van der Waals surface area (Å²) in [7, 11) is 0. The van der Waals surface area contributed by atoms with Crippen LogP contribution in [-0.4, -0.2) is 36.2 Å². The van der Waals surface area contributed by atoms with Crippen LogP contribution in [0.3, 0.4) is 0 Å². The van der Waals surface area contributed by atoms with Gasteiger partial charge in [-0.1, -0.05) is 12.8 Å². The molecule has 2 aliphatic rings. The van der Waals surface area contributed by atoms with Gasteiger partial charge in [-0.25, -0.2) is 0 Å². The van der Waals surface area contributed by atoms with Gasteiger partial charge in [0.25, 0.3) is 0 Å². The van der Waals surface area contributed by atoms with Gasteiger partial charge < -0.3 is 15.7 Å². The van der Waals surface area contributed by atoms with Gasteiger partial charge in [-0.05, 0) is 12.8 Å². The third-order valence-electron chi connectivity index (χ3n) is 3.21. The normalized spacial score (nSPS) is 33.5. The topological polar surface area (TPSA) is 61.4 Å². The summed E-state index contributed by atoms with van der Waals surface area (Å²) in [5.74, 6) is 0.235. The van der Waals surface area contributed by atoms with Crippen molar-refractivity contribution in [3.8, 4) is 0 Å². The Morgan fingerprint density at radius 2 is 2.00 bits per heavy atom. The molecule has 0 unspecified atom stereocenters. The highest BCUT2D eigenvalue weighted by atomic mass is 16.3. The molecule has 0 bridgehead atoms. The van der Waals surface area contributed by atoms with Crippen LogP contribution in [0.4, 0.5) is 0 Å². The smallest absolute Gasteiger partial charge is 0.225 e. The maximum absolute atomic E-state index is 11.6. The first-order valence-electron chi connectivity index (χ1n) is 5.46. The molecule has 0 aromatic carbocycles. The fourth-order valence-electron chi connectivity index (χ4n) is 2.05. The van der Waals surface area contributed by atoms with Gasteiger partial charge >= 0.3 is 0 Å². The highest BCUT2D eigenvalue weighted by Crippen LogP contribution is 2.18. The Kier molecular flexibility index (Phi) is 3.03. The van der Waals surface area contributed by atoms with E-state index in [2.05, 4.69) is 10.6 Å². The fourth-order valence-corrected chi connectivity index (χ4v) is 2.05. The molecule has 1 aliphatic carbocycles. The molecule has 4 nitrogen and oxygen atoms in total. The average Bonchev–Trinajstić information content (AvgIpc) is 2.05. The molecule has 1 aliphatic heterocycles. The Morgan fingerprint density at radius 3 is 2.57 bits per heavy atom. The number of hydrogen-bond donors (Lipinski definition) is 3. The predicted molar refractivity (Wildman–Crippen MR) is 52.8 cm³/mol. The summed E-state index contributed by atoms with van der Waals surface area (Å²) in [6, 6.07) is -0.00292. The molecule has 80 valence electrons. The molecule has 3 N–H and O–H groups in total. The number of aliphatic hydroxyl groups excluding tert-OH is 1. The van der Waals surface area contributed by atoms with Gasteiger partial charge in [-0.2, -0.15) is 0 Å². The van der Waals surface area contributed by atoms with Crippen LogP contribution >= 0.6 is 0 Å². The quantitative estimate of drug-likeness (QED) is 0.567. The maximum Gasteiger partial charge on any atom is 0.225 e. The highest BCUT2D eigenvalue weighted by Gasteiger charge is 2.30. The van der Waals surface area contributed by atoms with E-state index in [0.29, 0.717) is 0 Å². The SMILES string of the molecule is O=C(N[C@@H]1CCCC[C@H]1O)C1CNC1. The molecular weight excluding hydrogens is 180 g/mol. The summed E-state index contributed by atoms with van der Waals surface area (Å²) in [5, 5.41) is 15.7. The van der Waals surface area contributed by atoms with E-state index in [-0.39, 0.29) is 24.0 Å². The zero-order valence-corrected chi connectivity index (χ0v) is 8.33. The average molecular weight is 198 g/mol. The Balaban J connectivity index is 1.79. The Labute approximate surface area is 84.1 Å². The standard InChI is InChI=1S/C10H18N2O2/c13-9-4-2-1-3-8(9)12-10(14)7-5-11-6-7/h7-9,11,13H,1-6H2,(H,12,14)/t8-,9-/m1/s1. The molecule has 2 rings (SSSR count). The van der Waals surface area contributed by atoms with E-state index in [0.717, 1.165) is 38.8 Å². The first-order chi connectivity index (χ1) is 6.77. The Hall–Kier alpha value is -0.610. The van der Waals surface area contributed by atoms with Crippen LogP contribution in [0.2, 0.25) is 0 Å². The molecule has 1 amide bonds. The molecule has 0 radical (unpaired) electrons. The number of hydrogen-bond acceptors (Lipinski definition) is 3. The highest BCUT2D eigenvalue weighted by molar-refractivity contribution is 5.80. The first kappa shape index (κ1) is 9.93. The van der Waals surface area contributed by atoms with E-state index in [1.807, 2.05) is 0 Å². The second kappa shape index (κ2) is 4.28. The molecule has 4 heteroatoms. The Morgan fingerprint density at radius 1 is 1.29 bits per heavy atom. The van der Waals surface area contributed by atoms with Crippen molar-refractivity contribution in [2.45, 2.75) is 37.8 Å². The third kappa shape index (κ3) is 2.07. The van der Waals surface area contributed by atoms with Crippen molar-refractivity contribution in [2.75, 3.05) is 13.1 Å². The lowest BCUT2D eigenvalue weighted by atomic mass is 9.91. The van der Waals surface area contributed by atoms with Crippen molar-refractivity contribution in [1.82, 2.24) is 10.6 Å². The first-order valence-corrected chi connectivity index (χ1v) is 5.46. The minimum atomic E-state index is -0.333. The van der Waals surface area contributed by atoms with Crippen molar-refractivity contribution in [1.29, 1.82) is 0 Å². The summed E-state index contributed by atoms with van der Waals surface area (Å²) in [4.78, 5) is 11.6. The third-order valence-corrected chi connectivity index (χ3v) is 3.21. The molecular formula is C10H18N2O2. The molecule has 2 fully saturated rings. The second-order valence-electron chi connectivity index (χ2n) is 4.32. The summed E-state index contributed by atoms with van der Waals surface area (Å²) >= 11 is 0. The van der Waals surface area contributed by atoms with Gasteiger partial charge in [-0.15, -0.1) is 0 Å². The van der Waals surface area contributed by atoms with Crippen LogP contribution in [0.1, 0.15) is 25.7 Å². The van der Waals surface area contributed by atoms with Crippen LogP contribution in [0.5, 0.6) is 0 Å². The van der Waals surface area contributed by atoms with Crippen molar-refractivity contribution < 1.29 is 9.90 Å². The lowest BCUT2D eigenvalue weighted by molar-refractivity contribution is -0.128. The van der Waals surface area contributed by atoms with Crippen LogP contribution in [0.15, 0.2) is 0 Å². The van der Waals surface area contributed by atoms with E-state index in [1.54, 1.807) is 0 Å². The van der Waals surface area contributed by atoms with E-state index >= 15 is 0 Å². The molecule has 2 atom stereocenters. The van der Waals surface area contributed by atoms with E-state index in [9.17, 15) is 9.90 Å². The maximum atomic E-state index is 11.6. The van der Waals surface area contributed by atoms with Gasteiger partial charge in [0.05, 0.1) is 18.1 Å². The zero-order chi connectivity index (χ0) is 9.97. The van der Waals surface area contributed by atoms with Gasteiger partial charge in [0.15, 0.2) is 0 Å². The monoisotopic (exact) mass is 198 g/mol. The van der Waals surface area contributed by atoms with Gasteiger partial charge in [0, 0.05) is 13.1 Å². The molecule has 14 heavy (non-hydrogen) atoms. The summed E-state index contributed by atoms with van der Waals surface area (Å²) in [6.07, 6.45) is 3.62. The summed E-state index contributed by atoms with van der Waals surface area (Å²) in [5.41, 5.74) is 0. The summed E-state index contributed by atoms with van der Waals surface area (Å²) < 4.78 is 0. The number of carbonyl (C=O) groups is 1. The minimum Gasteiger partial charge on any atom is -0.391 e. The van der Waals surface area contributed by atoms with Gasteiger partial charge in [0.2, 0.25) is 5.91 Å². The molecule has 0 aromatic heterocycles. The van der Waals surface area contributed by atoms with E-state index < -0.39 is 0 Å². The lowest BCUT2D eigenvalue weighted by Gasteiger charge is -2.32. The number of rotatable bonds is 2. The molecule has 1 heterocycles. The van der Waals surface area contributed by atoms with Crippen molar-refractivity contribution in [3.63, 3.8) is 0 Å². The van der Waals surface area contributed by atoms with E-state index in [1.165, 1.54) is 0 Å². The zero-order valence-electron chi connectivity index (χ0n) is 8.33. The predicted octanol–water partition coefficient (Wildman–Crippen LogP) is -0.375. The van der Waals surface area contributed by atoms with Crippen LogP contribution < -0.4 is 10.6 Å². The Bertz CT molecular complexity index is 216. The van der Waals surface area contributed by atoms with Gasteiger partial charge in [0.1, 0.15) is 0 Å². The van der Waals surface area contributed by atoms with Gasteiger partial charge in [-0.3, -0.25) is 4.79 Å². The van der Waals surface area contributed by atoms with Crippen LogP contribution in [-0.2, 0) is 4.79 Å².